The van der Waals surface area contributed by atoms with E-state index in [4.69, 9.17) is 9.84 Å². The Labute approximate surface area is 187 Å². The minimum absolute atomic E-state index is 0.152. The van der Waals surface area contributed by atoms with Crippen LogP contribution < -0.4 is 4.74 Å². The molecule has 0 amide bonds. The molecule has 3 heteroatoms. The zero-order chi connectivity index (χ0) is 22.8. The third-order valence-electron chi connectivity index (χ3n) is 6.90. The fourth-order valence-corrected chi connectivity index (χ4v) is 4.89. The predicted octanol–water partition coefficient (Wildman–Crippen LogP) is 7.35. The summed E-state index contributed by atoms with van der Waals surface area (Å²) in [5, 5.41) is 8.99. The van der Waals surface area contributed by atoms with E-state index in [1.165, 1.54) is 46.8 Å². The van der Waals surface area contributed by atoms with Crippen molar-refractivity contribution in [1.29, 1.82) is 0 Å². The number of carboxylic acid groups (broad SMARTS) is 1. The number of rotatable bonds is 7. The fourth-order valence-electron chi connectivity index (χ4n) is 4.89. The van der Waals surface area contributed by atoms with Gasteiger partial charge in [-0.15, -0.1) is 0 Å². The van der Waals surface area contributed by atoms with Crippen molar-refractivity contribution in [2.45, 2.75) is 90.9 Å². The molecule has 0 spiro atoms. The second kappa shape index (κ2) is 9.06. The zero-order valence-corrected chi connectivity index (χ0v) is 20.1. The lowest BCUT2D eigenvalue weighted by atomic mass is 9.62. The van der Waals surface area contributed by atoms with Crippen LogP contribution >= 0.6 is 0 Å². The molecule has 0 heterocycles. The SMILES string of the molecule is CCCOc1cc2c(cc1C1=C(/C=C/C(C)=C/C(=O)O)CCC1)C(C)(C)CCC2(C)C. The van der Waals surface area contributed by atoms with Gasteiger partial charge in [0.2, 0.25) is 0 Å². The molecule has 0 radical (unpaired) electrons. The summed E-state index contributed by atoms with van der Waals surface area (Å²) in [6.07, 6.45) is 11.8. The van der Waals surface area contributed by atoms with E-state index in [1.807, 2.05) is 13.0 Å². The summed E-state index contributed by atoms with van der Waals surface area (Å²) in [7, 11) is 0. The highest BCUT2D eigenvalue weighted by atomic mass is 16.5. The first-order valence-corrected chi connectivity index (χ1v) is 11.7. The minimum atomic E-state index is -0.905. The molecule has 0 fully saturated rings. The number of carbonyl (C=O) groups is 1. The Hall–Kier alpha value is -2.29. The molecule has 3 nitrogen and oxygen atoms in total. The van der Waals surface area contributed by atoms with E-state index >= 15 is 0 Å². The fraction of sp³-hybridized carbons (Fsp3) is 0.536. The zero-order valence-electron chi connectivity index (χ0n) is 20.1. The largest absolute Gasteiger partial charge is 0.493 e. The molecule has 3 rings (SSSR count). The van der Waals surface area contributed by atoms with Crippen LogP contribution in [0.25, 0.3) is 5.57 Å². The second-order valence-corrected chi connectivity index (χ2v) is 10.4. The van der Waals surface area contributed by atoms with Gasteiger partial charge in [0.1, 0.15) is 5.75 Å². The maximum Gasteiger partial charge on any atom is 0.328 e. The van der Waals surface area contributed by atoms with Crippen LogP contribution in [-0.4, -0.2) is 17.7 Å². The molecule has 0 aliphatic heterocycles. The van der Waals surface area contributed by atoms with Crippen molar-refractivity contribution in [3.05, 3.63) is 58.2 Å². The second-order valence-electron chi connectivity index (χ2n) is 10.4. The first-order valence-electron chi connectivity index (χ1n) is 11.7. The van der Waals surface area contributed by atoms with Gasteiger partial charge in [-0.3, -0.25) is 0 Å². The summed E-state index contributed by atoms with van der Waals surface area (Å²) in [6.45, 7) is 14.1. The van der Waals surface area contributed by atoms with Crippen molar-refractivity contribution in [3.63, 3.8) is 0 Å². The normalized spacial score (nSPS) is 20.3. The van der Waals surface area contributed by atoms with Crippen molar-refractivity contribution in [2.24, 2.45) is 0 Å². The Bertz CT molecular complexity index is 941. The topological polar surface area (TPSA) is 46.5 Å². The standard InChI is InChI=1S/C28H38O3/c1-7-15-31-25-18-24-23(27(3,4)13-14-28(24,5)6)17-22(25)21-10-8-9-20(21)12-11-19(2)16-26(29)30/h11-12,16-18H,7-10,13-15H2,1-6H3,(H,29,30)/b12-11+,19-16+. The molecule has 1 aromatic carbocycles. The number of allylic oxidation sites excluding steroid dienone is 5. The number of hydrogen-bond donors (Lipinski definition) is 1. The van der Waals surface area contributed by atoms with E-state index in [-0.39, 0.29) is 10.8 Å². The average molecular weight is 423 g/mol. The van der Waals surface area contributed by atoms with E-state index in [1.54, 1.807) is 0 Å². The third kappa shape index (κ3) is 5.14. The summed E-state index contributed by atoms with van der Waals surface area (Å²) < 4.78 is 6.31. The first-order chi connectivity index (χ1) is 14.5. The lowest BCUT2D eigenvalue weighted by Crippen LogP contribution is -2.34. The van der Waals surface area contributed by atoms with Gasteiger partial charge in [-0.05, 0) is 96.3 Å². The molecule has 1 aromatic rings. The van der Waals surface area contributed by atoms with Crippen LogP contribution in [0.3, 0.4) is 0 Å². The molecule has 0 atom stereocenters. The van der Waals surface area contributed by atoms with Gasteiger partial charge in [-0.25, -0.2) is 4.79 Å². The maximum absolute atomic E-state index is 10.9. The van der Waals surface area contributed by atoms with Gasteiger partial charge in [0, 0.05) is 11.6 Å². The van der Waals surface area contributed by atoms with E-state index in [0.29, 0.717) is 6.61 Å². The Balaban J connectivity index is 2.14. The highest BCUT2D eigenvalue weighted by molar-refractivity contribution is 5.81. The summed E-state index contributed by atoms with van der Waals surface area (Å²) in [5.41, 5.74) is 7.82. The smallest absolute Gasteiger partial charge is 0.328 e. The van der Waals surface area contributed by atoms with Crippen LogP contribution in [0.2, 0.25) is 0 Å². The number of fused-ring (bicyclic) bond motifs is 1. The van der Waals surface area contributed by atoms with Crippen molar-refractivity contribution < 1.29 is 14.6 Å². The summed E-state index contributed by atoms with van der Waals surface area (Å²) in [5.74, 6) is 0.101. The molecule has 2 aliphatic rings. The number of ether oxygens (including phenoxy) is 1. The van der Waals surface area contributed by atoms with E-state index < -0.39 is 5.97 Å². The molecule has 2 aliphatic carbocycles. The number of hydrogen-bond acceptors (Lipinski definition) is 2. The van der Waals surface area contributed by atoms with Crippen molar-refractivity contribution in [3.8, 4) is 5.75 Å². The molecule has 168 valence electrons. The van der Waals surface area contributed by atoms with E-state index in [2.05, 4.69) is 52.8 Å². The van der Waals surface area contributed by atoms with Crippen LogP contribution in [0.15, 0.2) is 41.5 Å². The van der Waals surface area contributed by atoms with Crippen LogP contribution in [0.1, 0.15) is 96.8 Å². The number of benzene rings is 1. The molecular weight excluding hydrogens is 384 g/mol. The van der Waals surface area contributed by atoms with Gasteiger partial charge in [0.25, 0.3) is 0 Å². The molecule has 0 aromatic heterocycles. The van der Waals surface area contributed by atoms with Crippen molar-refractivity contribution >= 4 is 11.5 Å². The Morgan fingerprint density at radius 2 is 1.74 bits per heavy atom. The highest BCUT2D eigenvalue weighted by Gasteiger charge is 2.38. The summed E-state index contributed by atoms with van der Waals surface area (Å²) in [4.78, 5) is 10.9. The van der Waals surface area contributed by atoms with E-state index in [9.17, 15) is 4.79 Å². The first kappa shape index (κ1) is 23.4. The quantitative estimate of drug-likeness (QED) is 0.369. The lowest BCUT2D eigenvalue weighted by molar-refractivity contribution is -0.131. The van der Waals surface area contributed by atoms with Crippen molar-refractivity contribution in [2.75, 3.05) is 6.61 Å². The Morgan fingerprint density at radius 1 is 1.10 bits per heavy atom. The maximum atomic E-state index is 10.9. The molecule has 31 heavy (non-hydrogen) atoms. The molecule has 0 saturated heterocycles. The van der Waals surface area contributed by atoms with Gasteiger partial charge in [0.05, 0.1) is 6.61 Å². The number of aliphatic carboxylic acids is 1. The van der Waals surface area contributed by atoms with Crippen LogP contribution in [-0.2, 0) is 15.6 Å². The van der Waals surface area contributed by atoms with Crippen molar-refractivity contribution in [1.82, 2.24) is 0 Å². The molecule has 0 bridgehead atoms. The van der Waals surface area contributed by atoms with Crippen LogP contribution in [0.5, 0.6) is 5.75 Å². The van der Waals surface area contributed by atoms with Crippen LogP contribution in [0, 0.1) is 0 Å². The Kier molecular flexibility index (Phi) is 6.83. The number of carboxylic acids is 1. The Morgan fingerprint density at radius 3 is 2.35 bits per heavy atom. The van der Waals surface area contributed by atoms with Gasteiger partial charge >= 0.3 is 5.97 Å². The van der Waals surface area contributed by atoms with E-state index in [0.717, 1.165) is 37.0 Å². The van der Waals surface area contributed by atoms with Gasteiger partial charge in [-0.2, -0.15) is 0 Å². The van der Waals surface area contributed by atoms with Crippen LogP contribution in [0.4, 0.5) is 0 Å². The monoisotopic (exact) mass is 422 g/mol. The highest BCUT2D eigenvalue weighted by Crippen LogP contribution is 2.50. The third-order valence-corrected chi connectivity index (χ3v) is 6.90. The van der Waals surface area contributed by atoms with Gasteiger partial charge < -0.3 is 9.84 Å². The van der Waals surface area contributed by atoms with Gasteiger partial charge in [0.15, 0.2) is 0 Å². The predicted molar refractivity (Wildman–Crippen MR) is 129 cm³/mol. The molecule has 0 unspecified atom stereocenters. The summed E-state index contributed by atoms with van der Waals surface area (Å²) in [6, 6.07) is 4.74. The molecule has 1 N–H and O–H groups in total. The lowest BCUT2D eigenvalue weighted by Gasteiger charge is -2.42. The molecular formula is C28H38O3. The van der Waals surface area contributed by atoms with Gasteiger partial charge in [-0.1, -0.05) is 46.8 Å². The summed E-state index contributed by atoms with van der Waals surface area (Å²) >= 11 is 0. The minimum Gasteiger partial charge on any atom is -0.493 e. The molecule has 0 saturated carbocycles. The average Bonchev–Trinajstić information content (AvgIpc) is 3.16.